The van der Waals surface area contributed by atoms with Crippen LogP contribution in [0.1, 0.15) is 90.9 Å². The Morgan fingerprint density at radius 2 is 1.52 bits per heavy atom. The third-order valence-electron chi connectivity index (χ3n) is 7.19. The second-order valence-electron chi connectivity index (χ2n) is 9.34. The minimum absolute atomic E-state index is 0.116. The van der Waals surface area contributed by atoms with Gasteiger partial charge in [-0.15, -0.1) is 0 Å². The quantitative estimate of drug-likeness (QED) is 0.459. The summed E-state index contributed by atoms with van der Waals surface area (Å²) in [7, 11) is 0. The van der Waals surface area contributed by atoms with E-state index in [0.717, 1.165) is 24.7 Å². The molecule has 1 atom stereocenters. The largest absolute Gasteiger partial charge is 0.465 e. The molecule has 0 aromatic heterocycles. The molecule has 0 saturated heterocycles. The first-order valence-electron chi connectivity index (χ1n) is 11.4. The molecule has 0 N–H and O–H groups in total. The zero-order chi connectivity index (χ0) is 19.2. The minimum Gasteiger partial charge on any atom is -0.465 e. The lowest BCUT2D eigenvalue weighted by atomic mass is 9.55. The Bertz CT molecular complexity index is 473. The number of esters is 2. The highest BCUT2D eigenvalue weighted by atomic mass is 16.5. The van der Waals surface area contributed by atoms with Crippen molar-refractivity contribution in [3.63, 3.8) is 0 Å². The molecular formula is C23H38O4. The van der Waals surface area contributed by atoms with Gasteiger partial charge < -0.3 is 9.47 Å². The number of hydrogen-bond acceptors (Lipinski definition) is 4. The Hall–Kier alpha value is -1.06. The Balaban J connectivity index is 1.30. The lowest BCUT2D eigenvalue weighted by Gasteiger charge is -2.53. The Morgan fingerprint density at radius 3 is 2.11 bits per heavy atom. The molecule has 4 aliphatic carbocycles. The van der Waals surface area contributed by atoms with Crippen LogP contribution in [0.4, 0.5) is 0 Å². The van der Waals surface area contributed by atoms with Gasteiger partial charge in [0.1, 0.15) is 6.10 Å². The van der Waals surface area contributed by atoms with Gasteiger partial charge in [-0.25, -0.2) is 0 Å². The van der Waals surface area contributed by atoms with Gasteiger partial charge in [0.2, 0.25) is 0 Å². The highest BCUT2D eigenvalue weighted by Gasteiger charge is 2.49. The first kappa shape index (κ1) is 20.7. The van der Waals surface area contributed by atoms with Crippen molar-refractivity contribution in [2.45, 2.75) is 97.0 Å². The fourth-order valence-corrected chi connectivity index (χ4v) is 5.84. The van der Waals surface area contributed by atoms with Gasteiger partial charge in [0.05, 0.1) is 6.61 Å². The number of unbranched alkanes of at least 4 members (excludes halogenated alkanes) is 1. The summed E-state index contributed by atoms with van der Waals surface area (Å²) in [6.45, 7) is 4.85. The highest BCUT2D eigenvalue weighted by molar-refractivity contribution is 5.72. The molecule has 4 heteroatoms. The Morgan fingerprint density at radius 1 is 0.889 bits per heavy atom. The van der Waals surface area contributed by atoms with Gasteiger partial charge in [0, 0.05) is 12.8 Å². The van der Waals surface area contributed by atoms with Gasteiger partial charge >= 0.3 is 11.9 Å². The maximum absolute atomic E-state index is 12.3. The van der Waals surface area contributed by atoms with Gasteiger partial charge in [0.15, 0.2) is 0 Å². The molecule has 0 amide bonds. The molecular weight excluding hydrogens is 340 g/mol. The van der Waals surface area contributed by atoms with E-state index in [1.165, 1.54) is 44.9 Å². The molecule has 0 aromatic carbocycles. The van der Waals surface area contributed by atoms with Crippen molar-refractivity contribution in [3.05, 3.63) is 0 Å². The molecule has 27 heavy (non-hydrogen) atoms. The minimum atomic E-state index is -0.174. The number of ether oxygens (including phenoxy) is 2. The lowest BCUT2D eigenvalue weighted by molar-refractivity contribution is -0.170. The fraction of sp³-hybridized carbons (Fsp3) is 0.913. The molecule has 0 spiro atoms. The number of carbonyl (C=O) groups excluding carboxylic acids is 2. The van der Waals surface area contributed by atoms with Crippen LogP contribution < -0.4 is 0 Å². The summed E-state index contributed by atoms with van der Waals surface area (Å²) in [5.41, 5.74) is 0. The molecule has 4 aliphatic rings. The van der Waals surface area contributed by atoms with E-state index in [1.54, 1.807) is 0 Å². The van der Waals surface area contributed by atoms with Crippen LogP contribution in [0.25, 0.3) is 0 Å². The van der Waals surface area contributed by atoms with E-state index in [-0.39, 0.29) is 18.0 Å². The van der Waals surface area contributed by atoms with E-state index in [9.17, 15) is 9.59 Å². The summed E-state index contributed by atoms with van der Waals surface area (Å²) in [6, 6.07) is 0. The Labute approximate surface area is 164 Å². The molecule has 0 aromatic rings. The maximum Gasteiger partial charge on any atom is 0.306 e. The second kappa shape index (κ2) is 9.93. The van der Waals surface area contributed by atoms with Crippen molar-refractivity contribution in [3.8, 4) is 0 Å². The normalized spacial score (nSPS) is 32.3. The molecule has 4 fully saturated rings. The highest BCUT2D eigenvalue weighted by Crippen LogP contribution is 2.54. The summed E-state index contributed by atoms with van der Waals surface area (Å²) in [5.74, 6) is 3.16. The molecule has 4 bridgehead atoms. The topological polar surface area (TPSA) is 52.6 Å². The van der Waals surface area contributed by atoms with Crippen LogP contribution in [0, 0.1) is 29.6 Å². The molecule has 4 nitrogen and oxygen atoms in total. The summed E-state index contributed by atoms with van der Waals surface area (Å²) in [4.78, 5) is 24.2. The average molecular weight is 379 g/mol. The monoisotopic (exact) mass is 378 g/mol. The van der Waals surface area contributed by atoms with Crippen LogP contribution in [-0.2, 0) is 19.1 Å². The molecule has 0 radical (unpaired) electrons. The van der Waals surface area contributed by atoms with E-state index in [2.05, 4.69) is 13.8 Å². The van der Waals surface area contributed by atoms with Crippen molar-refractivity contribution < 1.29 is 19.1 Å². The maximum atomic E-state index is 12.3. The molecule has 1 unspecified atom stereocenters. The van der Waals surface area contributed by atoms with Crippen molar-refractivity contribution in [2.24, 2.45) is 29.6 Å². The second-order valence-corrected chi connectivity index (χ2v) is 9.34. The summed E-state index contributed by atoms with van der Waals surface area (Å²) < 4.78 is 11.3. The predicted octanol–water partition coefficient (Wildman–Crippen LogP) is 5.28. The molecule has 154 valence electrons. The van der Waals surface area contributed by atoms with Gasteiger partial charge in [-0.1, -0.05) is 33.1 Å². The van der Waals surface area contributed by atoms with E-state index >= 15 is 0 Å². The first-order chi connectivity index (χ1) is 13.1. The smallest absolute Gasteiger partial charge is 0.306 e. The van der Waals surface area contributed by atoms with Crippen molar-refractivity contribution >= 4 is 11.9 Å². The zero-order valence-electron chi connectivity index (χ0n) is 17.3. The van der Waals surface area contributed by atoms with Crippen LogP contribution in [0.5, 0.6) is 0 Å². The zero-order valence-corrected chi connectivity index (χ0v) is 17.3. The van der Waals surface area contributed by atoms with Gasteiger partial charge in [-0.3, -0.25) is 9.59 Å². The van der Waals surface area contributed by atoms with E-state index in [4.69, 9.17) is 9.47 Å². The van der Waals surface area contributed by atoms with Crippen LogP contribution in [-0.4, -0.2) is 24.6 Å². The SMILES string of the molecule is CCCCC(CC)COC(=O)CCCC(=O)OC1C2CC3CC(C2)CC1C3. The summed E-state index contributed by atoms with van der Waals surface area (Å²) >= 11 is 0. The Kier molecular flexibility index (Phi) is 7.60. The van der Waals surface area contributed by atoms with Crippen LogP contribution >= 0.6 is 0 Å². The average Bonchev–Trinajstić information content (AvgIpc) is 2.64. The summed E-state index contributed by atoms with van der Waals surface area (Å²) in [6.07, 6.45) is 12.3. The number of hydrogen-bond donors (Lipinski definition) is 0. The van der Waals surface area contributed by atoms with Crippen LogP contribution in [0.15, 0.2) is 0 Å². The van der Waals surface area contributed by atoms with Gasteiger partial charge in [0.25, 0.3) is 0 Å². The summed E-state index contributed by atoms with van der Waals surface area (Å²) in [5, 5.41) is 0. The van der Waals surface area contributed by atoms with Crippen molar-refractivity contribution in [2.75, 3.05) is 6.61 Å². The number of carbonyl (C=O) groups is 2. The van der Waals surface area contributed by atoms with E-state index in [1.807, 2.05) is 0 Å². The van der Waals surface area contributed by atoms with E-state index in [0.29, 0.717) is 43.6 Å². The lowest BCUT2D eigenvalue weighted by Crippen LogP contribution is -2.50. The molecule has 4 rings (SSSR count). The molecule has 0 aliphatic heterocycles. The van der Waals surface area contributed by atoms with Crippen LogP contribution in [0.2, 0.25) is 0 Å². The third-order valence-corrected chi connectivity index (χ3v) is 7.19. The standard InChI is InChI=1S/C23H38O4/c1-3-5-7-16(4-2)15-26-21(24)8-6-9-22(25)27-23-19-11-17-10-18(13-19)14-20(23)12-17/h16-20,23H,3-15H2,1-2H3. The molecule has 0 heterocycles. The van der Waals surface area contributed by atoms with Gasteiger partial charge in [-0.2, -0.15) is 0 Å². The molecule has 4 saturated carbocycles. The number of rotatable bonds is 11. The van der Waals surface area contributed by atoms with Gasteiger partial charge in [-0.05, 0) is 74.5 Å². The van der Waals surface area contributed by atoms with Crippen molar-refractivity contribution in [1.82, 2.24) is 0 Å². The fourth-order valence-electron chi connectivity index (χ4n) is 5.84. The van der Waals surface area contributed by atoms with Crippen molar-refractivity contribution in [1.29, 1.82) is 0 Å². The first-order valence-corrected chi connectivity index (χ1v) is 11.4. The predicted molar refractivity (Wildman–Crippen MR) is 105 cm³/mol. The van der Waals surface area contributed by atoms with Crippen LogP contribution in [0.3, 0.4) is 0 Å². The third kappa shape index (κ3) is 5.71. The van der Waals surface area contributed by atoms with E-state index < -0.39 is 0 Å².